The molecule has 4 N–H and O–H groups in total. The van der Waals surface area contributed by atoms with E-state index in [2.05, 4.69) is 15.5 Å². The zero-order chi connectivity index (χ0) is 20.1. The number of nitro groups is 1. The number of nitrogens with two attached hydrogens (primary N) is 1. The third-order valence-electron chi connectivity index (χ3n) is 4.52. The van der Waals surface area contributed by atoms with Crippen LogP contribution < -0.4 is 21.3 Å². The zero-order valence-electron chi connectivity index (χ0n) is 15.2. The minimum Gasteiger partial charge on any atom is -0.371 e. The molecule has 9 nitrogen and oxygen atoms in total. The lowest BCUT2D eigenvalue weighted by Crippen LogP contribution is -2.31. The number of nitrogens with zero attached hydrogens (tertiary/aromatic N) is 2. The number of benzene rings is 2. The number of hydrogen-bond donors (Lipinski definition) is 3. The summed E-state index contributed by atoms with van der Waals surface area (Å²) < 4.78 is 0. The predicted octanol–water partition coefficient (Wildman–Crippen LogP) is 3.33. The molecule has 0 aliphatic carbocycles. The Bertz CT molecular complexity index is 909. The molecule has 0 unspecified atom stereocenters. The van der Waals surface area contributed by atoms with Gasteiger partial charge in [0.1, 0.15) is 0 Å². The Hall–Kier alpha value is -3.62. The van der Waals surface area contributed by atoms with Gasteiger partial charge >= 0.3 is 6.03 Å². The maximum Gasteiger partial charge on any atom is 0.316 e. The van der Waals surface area contributed by atoms with Crippen LogP contribution in [0.2, 0.25) is 0 Å². The summed E-state index contributed by atoms with van der Waals surface area (Å²) in [7, 11) is 0. The standard InChI is InChI=1S/C19H21N5O4/c20-19(26)22-14-6-4-5-13(11-14)21-18(25)16-12-15(24(27)28)7-8-17(16)23-9-2-1-3-10-23/h4-8,11-12H,1-3,9-10H2,(H,21,25)(H3,20,22,26). The minimum absolute atomic E-state index is 0.143. The lowest BCUT2D eigenvalue weighted by Gasteiger charge is -2.30. The molecule has 1 saturated heterocycles. The number of piperidine rings is 1. The van der Waals surface area contributed by atoms with Crippen molar-refractivity contribution >= 4 is 34.7 Å². The van der Waals surface area contributed by atoms with E-state index in [1.54, 1.807) is 30.3 Å². The molecule has 1 heterocycles. The van der Waals surface area contributed by atoms with Crippen molar-refractivity contribution in [3.05, 3.63) is 58.1 Å². The lowest BCUT2D eigenvalue weighted by atomic mass is 10.1. The van der Waals surface area contributed by atoms with Gasteiger partial charge in [0, 0.05) is 36.6 Å². The summed E-state index contributed by atoms with van der Waals surface area (Å²) in [5, 5.41) is 16.3. The summed E-state index contributed by atoms with van der Waals surface area (Å²) in [6.07, 6.45) is 3.16. The van der Waals surface area contributed by atoms with Crippen LogP contribution in [-0.2, 0) is 0 Å². The van der Waals surface area contributed by atoms with Gasteiger partial charge < -0.3 is 21.3 Å². The maximum absolute atomic E-state index is 12.9. The first-order valence-corrected chi connectivity index (χ1v) is 8.95. The highest BCUT2D eigenvalue weighted by Gasteiger charge is 2.22. The van der Waals surface area contributed by atoms with Crippen molar-refractivity contribution in [3.63, 3.8) is 0 Å². The molecule has 9 heteroatoms. The summed E-state index contributed by atoms with van der Waals surface area (Å²) >= 11 is 0. The molecular formula is C19H21N5O4. The molecule has 0 atom stereocenters. The van der Waals surface area contributed by atoms with Gasteiger partial charge in [-0.2, -0.15) is 0 Å². The summed E-state index contributed by atoms with van der Waals surface area (Å²) in [6.45, 7) is 1.60. The third kappa shape index (κ3) is 4.56. The van der Waals surface area contributed by atoms with Crippen molar-refractivity contribution in [3.8, 4) is 0 Å². The van der Waals surface area contributed by atoms with Crippen LogP contribution in [0.25, 0.3) is 0 Å². The molecule has 2 aromatic carbocycles. The van der Waals surface area contributed by atoms with Crippen LogP contribution in [0.5, 0.6) is 0 Å². The van der Waals surface area contributed by atoms with E-state index in [9.17, 15) is 19.7 Å². The fraction of sp³-hybridized carbons (Fsp3) is 0.263. The molecule has 146 valence electrons. The number of non-ortho nitro benzene ring substituents is 1. The Morgan fingerprint density at radius 3 is 2.32 bits per heavy atom. The van der Waals surface area contributed by atoms with Crippen LogP contribution in [0.3, 0.4) is 0 Å². The van der Waals surface area contributed by atoms with Crippen molar-refractivity contribution in [2.24, 2.45) is 5.73 Å². The molecule has 0 spiro atoms. The molecule has 1 fully saturated rings. The SMILES string of the molecule is NC(=O)Nc1cccc(NC(=O)c2cc([N+](=O)[O-])ccc2N2CCCCC2)c1. The minimum atomic E-state index is -0.713. The second-order valence-electron chi connectivity index (χ2n) is 6.53. The number of rotatable bonds is 5. The summed E-state index contributed by atoms with van der Waals surface area (Å²) in [4.78, 5) is 36.6. The lowest BCUT2D eigenvalue weighted by molar-refractivity contribution is -0.384. The van der Waals surface area contributed by atoms with Crippen molar-refractivity contribution in [1.29, 1.82) is 0 Å². The second-order valence-corrected chi connectivity index (χ2v) is 6.53. The molecule has 0 bridgehead atoms. The number of carbonyl (C=O) groups is 2. The summed E-state index contributed by atoms with van der Waals surface area (Å²) in [5.74, 6) is -0.458. The normalized spacial score (nSPS) is 13.6. The first-order valence-electron chi connectivity index (χ1n) is 8.95. The summed E-state index contributed by atoms with van der Waals surface area (Å²) in [5.41, 5.74) is 6.75. The summed E-state index contributed by atoms with van der Waals surface area (Å²) in [6, 6.07) is 10.1. The van der Waals surface area contributed by atoms with Crippen molar-refractivity contribution in [2.75, 3.05) is 28.6 Å². The van der Waals surface area contributed by atoms with Crippen LogP contribution in [-0.4, -0.2) is 30.0 Å². The number of carbonyl (C=O) groups excluding carboxylic acids is 2. The van der Waals surface area contributed by atoms with Crippen molar-refractivity contribution < 1.29 is 14.5 Å². The van der Waals surface area contributed by atoms with Gasteiger partial charge in [-0.15, -0.1) is 0 Å². The van der Waals surface area contributed by atoms with E-state index in [4.69, 9.17) is 5.73 Å². The van der Waals surface area contributed by atoms with Gasteiger partial charge in [-0.1, -0.05) is 6.07 Å². The number of primary amides is 1. The number of amides is 3. The van der Waals surface area contributed by atoms with E-state index in [0.29, 0.717) is 17.1 Å². The van der Waals surface area contributed by atoms with Crippen LogP contribution in [0, 0.1) is 10.1 Å². The average Bonchev–Trinajstić information content (AvgIpc) is 2.68. The molecule has 0 radical (unpaired) electrons. The van der Waals surface area contributed by atoms with E-state index >= 15 is 0 Å². The Labute approximate surface area is 161 Å². The fourth-order valence-electron chi connectivity index (χ4n) is 3.25. The fourth-order valence-corrected chi connectivity index (χ4v) is 3.25. The molecule has 1 aliphatic rings. The molecular weight excluding hydrogens is 362 g/mol. The molecule has 3 amide bonds. The monoisotopic (exact) mass is 383 g/mol. The highest BCUT2D eigenvalue weighted by molar-refractivity contribution is 6.09. The number of nitro benzene ring substituents is 1. The van der Waals surface area contributed by atoms with E-state index in [1.807, 2.05) is 0 Å². The number of nitrogens with one attached hydrogen (secondary N) is 2. The van der Waals surface area contributed by atoms with Gasteiger partial charge in [0.2, 0.25) is 0 Å². The Morgan fingerprint density at radius 2 is 1.68 bits per heavy atom. The van der Waals surface area contributed by atoms with Crippen LogP contribution in [0.4, 0.5) is 27.5 Å². The highest BCUT2D eigenvalue weighted by Crippen LogP contribution is 2.29. The Kier molecular flexibility index (Phi) is 5.73. The number of anilines is 3. The van der Waals surface area contributed by atoms with Crippen LogP contribution in [0.1, 0.15) is 29.6 Å². The molecule has 0 saturated carbocycles. The molecule has 28 heavy (non-hydrogen) atoms. The van der Waals surface area contributed by atoms with Gasteiger partial charge in [0.05, 0.1) is 16.2 Å². The number of hydrogen-bond acceptors (Lipinski definition) is 5. The van der Waals surface area contributed by atoms with E-state index < -0.39 is 16.9 Å². The average molecular weight is 383 g/mol. The predicted molar refractivity (Wildman–Crippen MR) is 107 cm³/mol. The first kappa shape index (κ1) is 19.2. The largest absolute Gasteiger partial charge is 0.371 e. The van der Waals surface area contributed by atoms with Crippen molar-refractivity contribution in [2.45, 2.75) is 19.3 Å². The van der Waals surface area contributed by atoms with E-state index in [-0.39, 0.29) is 11.3 Å². The Balaban J connectivity index is 1.89. The Morgan fingerprint density at radius 1 is 1.00 bits per heavy atom. The quantitative estimate of drug-likeness (QED) is 0.538. The third-order valence-corrected chi connectivity index (χ3v) is 4.52. The van der Waals surface area contributed by atoms with Crippen LogP contribution >= 0.6 is 0 Å². The maximum atomic E-state index is 12.9. The molecule has 2 aromatic rings. The molecule has 3 rings (SSSR count). The smallest absolute Gasteiger partial charge is 0.316 e. The topological polar surface area (TPSA) is 131 Å². The zero-order valence-corrected chi connectivity index (χ0v) is 15.2. The van der Waals surface area contributed by atoms with E-state index in [1.165, 1.54) is 12.1 Å². The van der Waals surface area contributed by atoms with Crippen molar-refractivity contribution in [1.82, 2.24) is 0 Å². The van der Waals surface area contributed by atoms with Gasteiger partial charge in [-0.05, 0) is 43.5 Å². The molecule has 0 aromatic heterocycles. The van der Waals surface area contributed by atoms with Gasteiger partial charge in [-0.25, -0.2) is 4.79 Å². The first-order chi connectivity index (χ1) is 13.4. The number of urea groups is 1. The van der Waals surface area contributed by atoms with E-state index in [0.717, 1.165) is 32.4 Å². The van der Waals surface area contributed by atoms with Crippen LogP contribution in [0.15, 0.2) is 42.5 Å². The second kappa shape index (κ2) is 8.38. The van der Waals surface area contributed by atoms with Gasteiger partial charge in [0.15, 0.2) is 0 Å². The highest BCUT2D eigenvalue weighted by atomic mass is 16.6. The van der Waals surface area contributed by atoms with Gasteiger partial charge in [0.25, 0.3) is 11.6 Å². The molecule has 1 aliphatic heterocycles. The van der Waals surface area contributed by atoms with Gasteiger partial charge in [-0.3, -0.25) is 14.9 Å².